The average Bonchev–Trinajstić information content (AvgIpc) is 2.89. The topological polar surface area (TPSA) is 69.6 Å². The Bertz CT molecular complexity index is 728. The number of esters is 1. The lowest BCUT2D eigenvalue weighted by Crippen LogP contribution is -2.26. The largest absolute Gasteiger partial charge is 0.465 e. The van der Waals surface area contributed by atoms with E-state index in [9.17, 15) is 9.59 Å². The second-order valence-electron chi connectivity index (χ2n) is 6.47. The molecule has 0 fully saturated rings. The zero-order valence-electron chi connectivity index (χ0n) is 14.6. The molecule has 0 saturated heterocycles. The van der Waals surface area contributed by atoms with Crippen LogP contribution in [0.4, 0.5) is 4.79 Å². The molecule has 2 rings (SSSR count). The average molecular weight is 332 g/mol. The predicted molar refractivity (Wildman–Crippen MR) is 91.9 cm³/mol. The van der Waals surface area contributed by atoms with E-state index in [4.69, 9.17) is 9.47 Å². The standard InChI is InChI=1S/C18H24N2O4/c1-5-23-16(21)12-19-11-13-6-7-15-14(10-13)8-9-20(15)17(22)24-18(2,3)4/h6-10,19H,5,11-12H2,1-4H3. The van der Waals surface area contributed by atoms with Crippen molar-refractivity contribution >= 4 is 23.0 Å². The fraction of sp³-hybridized carbons (Fsp3) is 0.444. The van der Waals surface area contributed by atoms with Crippen molar-refractivity contribution in [1.82, 2.24) is 9.88 Å². The molecule has 0 aliphatic carbocycles. The van der Waals surface area contributed by atoms with Gasteiger partial charge >= 0.3 is 12.1 Å². The maximum absolute atomic E-state index is 12.2. The van der Waals surface area contributed by atoms with Gasteiger partial charge < -0.3 is 14.8 Å². The monoisotopic (exact) mass is 332 g/mol. The maximum Gasteiger partial charge on any atom is 0.418 e. The molecule has 6 nitrogen and oxygen atoms in total. The second-order valence-corrected chi connectivity index (χ2v) is 6.47. The number of carbonyl (C=O) groups is 2. The van der Waals surface area contributed by atoms with E-state index >= 15 is 0 Å². The molecule has 0 spiro atoms. The first-order chi connectivity index (χ1) is 11.3. The Labute approximate surface area is 141 Å². The van der Waals surface area contributed by atoms with Crippen LogP contribution < -0.4 is 5.32 Å². The van der Waals surface area contributed by atoms with E-state index in [1.165, 1.54) is 4.57 Å². The number of fused-ring (bicyclic) bond motifs is 1. The lowest BCUT2D eigenvalue weighted by Gasteiger charge is -2.19. The van der Waals surface area contributed by atoms with Crippen LogP contribution in [0.5, 0.6) is 0 Å². The molecule has 1 aromatic heterocycles. The minimum Gasteiger partial charge on any atom is -0.465 e. The van der Waals surface area contributed by atoms with Gasteiger partial charge in [0, 0.05) is 18.1 Å². The highest BCUT2D eigenvalue weighted by atomic mass is 16.6. The van der Waals surface area contributed by atoms with Crippen LogP contribution in [0.2, 0.25) is 0 Å². The molecule has 1 N–H and O–H groups in total. The minimum absolute atomic E-state index is 0.171. The smallest absolute Gasteiger partial charge is 0.418 e. The van der Waals surface area contributed by atoms with Gasteiger partial charge in [-0.2, -0.15) is 0 Å². The Morgan fingerprint density at radius 3 is 2.62 bits per heavy atom. The van der Waals surface area contributed by atoms with Crippen molar-refractivity contribution in [2.45, 2.75) is 39.8 Å². The zero-order valence-corrected chi connectivity index (χ0v) is 14.6. The molecule has 0 aliphatic heterocycles. The van der Waals surface area contributed by atoms with Gasteiger partial charge in [-0.05, 0) is 51.5 Å². The summed E-state index contributed by atoms with van der Waals surface area (Å²) in [5, 5.41) is 3.98. The minimum atomic E-state index is -0.537. The molecule has 0 radical (unpaired) electrons. The molecule has 24 heavy (non-hydrogen) atoms. The number of benzene rings is 1. The fourth-order valence-electron chi connectivity index (χ4n) is 2.29. The molecule has 0 aliphatic rings. The van der Waals surface area contributed by atoms with Crippen LogP contribution >= 0.6 is 0 Å². The van der Waals surface area contributed by atoms with E-state index in [0.717, 1.165) is 16.5 Å². The molecule has 6 heteroatoms. The Kier molecular flexibility index (Phi) is 5.62. The summed E-state index contributed by atoms with van der Waals surface area (Å²) in [4.78, 5) is 23.5. The molecule has 0 atom stereocenters. The molecular formula is C18H24N2O4. The van der Waals surface area contributed by atoms with E-state index in [1.807, 2.05) is 45.0 Å². The Balaban J connectivity index is 2.05. The van der Waals surface area contributed by atoms with Crippen LogP contribution in [-0.4, -0.2) is 35.4 Å². The van der Waals surface area contributed by atoms with Gasteiger partial charge in [0.1, 0.15) is 5.60 Å². The van der Waals surface area contributed by atoms with Crippen molar-refractivity contribution in [3.05, 3.63) is 36.0 Å². The molecular weight excluding hydrogens is 308 g/mol. The molecule has 2 aromatic rings. The van der Waals surface area contributed by atoms with Crippen molar-refractivity contribution in [2.75, 3.05) is 13.2 Å². The third-order valence-electron chi connectivity index (χ3n) is 3.25. The first kappa shape index (κ1) is 18.0. The number of aromatic nitrogens is 1. The van der Waals surface area contributed by atoms with Gasteiger partial charge in [-0.15, -0.1) is 0 Å². The number of ether oxygens (including phenoxy) is 2. The van der Waals surface area contributed by atoms with E-state index in [2.05, 4.69) is 5.32 Å². The number of rotatable bonds is 5. The fourth-order valence-corrected chi connectivity index (χ4v) is 2.29. The van der Waals surface area contributed by atoms with Gasteiger partial charge in [0.25, 0.3) is 0 Å². The maximum atomic E-state index is 12.2. The van der Waals surface area contributed by atoms with Crippen molar-refractivity contribution < 1.29 is 19.1 Å². The lowest BCUT2D eigenvalue weighted by atomic mass is 10.1. The SMILES string of the molecule is CCOC(=O)CNCc1ccc2c(ccn2C(=O)OC(C)(C)C)c1. The number of hydrogen-bond donors (Lipinski definition) is 1. The Morgan fingerprint density at radius 2 is 1.96 bits per heavy atom. The highest BCUT2D eigenvalue weighted by molar-refractivity contribution is 5.89. The summed E-state index contributed by atoms with van der Waals surface area (Å²) in [5.41, 5.74) is 1.28. The lowest BCUT2D eigenvalue weighted by molar-refractivity contribution is -0.142. The molecule has 0 amide bonds. The van der Waals surface area contributed by atoms with E-state index in [1.54, 1.807) is 13.1 Å². The van der Waals surface area contributed by atoms with E-state index in [-0.39, 0.29) is 12.5 Å². The molecule has 1 heterocycles. The Morgan fingerprint density at radius 1 is 1.21 bits per heavy atom. The van der Waals surface area contributed by atoms with Crippen molar-refractivity contribution in [1.29, 1.82) is 0 Å². The summed E-state index contributed by atoms with van der Waals surface area (Å²) in [7, 11) is 0. The summed E-state index contributed by atoms with van der Waals surface area (Å²) in [5.74, 6) is -0.269. The highest BCUT2D eigenvalue weighted by Gasteiger charge is 2.18. The van der Waals surface area contributed by atoms with Crippen molar-refractivity contribution in [3.63, 3.8) is 0 Å². The summed E-state index contributed by atoms with van der Waals surface area (Å²) < 4.78 is 11.8. The number of hydrogen-bond acceptors (Lipinski definition) is 5. The molecule has 0 saturated carbocycles. The molecule has 0 bridgehead atoms. The normalized spacial score (nSPS) is 11.5. The molecule has 1 aromatic carbocycles. The van der Waals surface area contributed by atoms with Crippen LogP contribution in [0.1, 0.15) is 33.3 Å². The Hall–Kier alpha value is -2.34. The number of nitrogens with one attached hydrogen (secondary N) is 1. The quantitative estimate of drug-likeness (QED) is 0.852. The van der Waals surface area contributed by atoms with Crippen LogP contribution in [0, 0.1) is 0 Å². The van der Waals surface area contributed by atoms with E-state index in [0.29, 0.717) is 13.2 Å². The van der Waals surface area contributed by atoms with Gasteiger partial charge in [0.2, 0.25) is 0 Å². The molecule has 0 unspecified atom stereocenters. The zero-order chi connectivity index (χ0) is 17.7. The first-order valence-electron chi connectivity index (χ1n) is 8.00. The number of nitrogens with zero attached hydrogens (tertiary/aromatic N) is 1. The highest BCUT2D eigenvalue weighted by Crippen LogP contribution is 2.19. The number of carbonyl (C=O) groups excluding carboxylic acids is 2. The van der Waals surface area contributed by atoms with Crippen LogP contribution in [0.15, 0.2) is 30.5 Å². The van der Waals surface area contributed by atoms with Crippen LogP contribution in [-0.2, 0) is 20.8 Å². The van der Waals surface area contributed by atoms with Gasteiger partial charge in [-0.25, -0.2) is 4.79 Å². The van der Waals surface area contributed by atoms with Crippen LogP contribution in [0.3, 0.4) is 0 Å². The summed E-state index contributed by atoms with van der Waals surface area (Å²) in [6.45, 7) is 8.39. The van der Waals surface area contributed by atoms with Crippen molar-refractivity contribution in [3.8, 4) is 0 Å². The van der Waals surface area contributed by atoms with Gasteiger partial charge in [-0.1, -0.05) is 6.07 Å². The summed E-state index contributed by atoms with van der Waals surface area (Å²) in [6, 6.07) is 7.64. The second kappa shape index (κ2) is 7.49. The molecule has 130 valence electrons. The van der Waals surface area contributed by atoms with Crippen molar-refractivity contribution in [2.24, 2.45) is 0 Å². The first-order valence-corrected chi connectivity index (χ1v) is 8.00. The van der Waals surface area contributed by atoms with Gasteiger partial charge in [0.05, 0.1) is 18.7 Å². The van der Waals surface area contributed by atoms with Crippen LogP contribution in [0.25, 0.3) is 10.9 Å². The summed E-state index contributed by atoms with van der Waals surface area (Å²) in [6.07, 6.45) is 1.31. The third-order valence-corrected chi connectivity index (χ3v) is 3.25. The predicted octanol–water partition coefficient (Wildman–Crippen LogP) is 3.08. The van der Waals surface area contributed by atoms with Gasteiger partial charge in [-0.3, -0.25) is 9.36 Å². The summed E-state index contributed by atoms with van der Waals surface area (Å²) >= 11 is 0. The van der Waals surface area contributed by atoms with E-state index < -0.39 is 11.7 Å². The third kappa shape index (κ3) is 4.83. The van der Waals surface area contributed by atoms with Gasteiger partial charge in [0.15, 0.2) is 0 Å².